The number of esters is 1. The third-order valence-corrected chi connectivity index (χ3v) is 4.11. The number of benzene rings is 1. The highest BCUT2D eigenvalue weighted by atomic mass is 16.5. The Morgan fingerprint density at radius 2 is 2.41 bits per heavy atom. The number of phenolic OH excluding ortho intramolecular Hbond substituents is 1. The molecule has 1 N–H and O–H groups in total. The summed E-state index contributed by atoms with van der Waals surface area (Å²) in [5.41, 5.74) is 2.46. The van der Waals surface area contributed by atoms with Crippen molar-refractivity contribution < 1.29 is 14.6 Å². The van der Waals surface area contributed by atoms with Crippen molar-refractivity contribution >= 4 is 5.97 Å². The first kappa shape index (κ1) is 10.6. The second kappa shape index (κ2) is 3.49. The lowest BCUT2D eigenvalue weighted by Gasteiger charge is -2.11. The Kier molecular flexibility index (Phi) is 2.18. The molecule has 0 amide bonds. The van der Waals surface area contributed by atoms with Gasteiger partial charge in [0.1, 0.15) is 5.75 Å². The lowest BCUT2D eigenvalue weighted by atomic mass is 9.95. The molecule has 2 aliphatic carbocycles. The Hall–Kier alpha value is -1.51. The molecule has 2 aliphatic rings. The Labute approximate surface area is 100 Å². The van der Waals surface area contributed by atoms with Gasteiger partial charge in [-0.1, -0.05) is 6.07 Å². The van der Waals surface area contributed by atoms with Gasteiger partial charge in [-0.3, -0.25) is 4.79 Å². The predicted molar refractivity (Wildman–Crippen MR) is 62.8 cm³/mol. The first-order valence-electron chi connectivity index (χ1n) is 6.16. The van der Waals surface area contributed by atoms with Crippen LogP contribution in [0.25, 0.3) is 0 Å². The molecule has 0 aliphatic heterocycles. The van der Waals surface area contributed by atoms with E-state index in [1.54, 1.807) is 6.07 Å². The molecule has 0 aromatic heterocycles. The van der Waals surface area contributed by atoms with Crippen molar-refractivity contribution in [3.63, 3.8) is 0 Å². The van der Waals surface area contributed by atoms with Crippen LogP contribution >= 0.6 is 0 Å². The van der Waals surface area contributed by atoms with Gasteiger partial charge in [0.2, 0.25) is 0 Å². The number of carbonyl (C=O) groups excluding carboxylic acids is 1. The number of carbonyl (C=O) groups is 1. The van der Waals surface area contributed by atoms with E-state index in [0.29, 0.717) is 12.4 Å². The summed E-state index contributed by atoms with van der Waals surface area (Å²) < 4.78 is 5.10. The van der Waals surface area contributed by atoms with Crippen LogP contribution in [0.4, 0.5) is 0 Å². The van der Waals surface area contributed by atoms with Crippen LogP contribution < -0.4 is 0 Å². The Balaban J connectivity index is 1.88. The van der Waals surface area contributed by atoms with Gasteiger partial charge >= 0.3 is 5.97 Å². The van der Waals surface area contributed by atoms with Crippen LogP contribution in [-0.4, -0.2) is 17.7 Å². The summed E-state index contributed by atoms with van der Waals surface area (Å²) in [6, 6.07) is 5.51. The highest BCUT2D eigenvalue weighted by Gasteiger charge is 2.62. The largest absolute Gasteiger partial charge is 0.508 e. The molecule has 0 unspecified atom stereocenters. The van der Waals surface area contributed by atoms with Gasteiger partial charge in [-0.25, -0.2) is 0 Å². The molecule has 1 spiro atoms. The maximum Gasteiger partial charge on any atom is 0.309 e. The maximum absolute atomic E-state index is 11.8. The fourth-order valence-electron chi connectivity index (χ4n) is 3.20. The standard InChI is InChI=1S/C14H16O3/c1-2-17-13(16)12-8-14(12)6-5-9-7-10(15)3-4-11(9)14/h3-4,7,12,15H,2,5-6,8H2,1H3/t12-,14+/m0/s1. The van der Waals surface area contributed by atoms with Crippen LogP contribution in [0.2, 0.25) is 0 Å². The summed E-state index contributed by atoms with van der Waals surface area (Å²) in [6.07, 6.45) is 2.87. The zero-order chi connectivity index (χ0) is 12.0. The highest BCUT2D eigenvalue weighted by Crippen LogP contribution is 2.62. The van der Waals surface area contributed by atoms with E-state index >= 15 is 0 Å². The molecule has 2 atom stereocenters. The van der Waals surface area contributed by atoms with Gasteiger partial charge in [0.15, 0.2) is 0 Å². The van der Waals surface area contributed by atoms with Crippen molar-refractivity contribution in [1.82, 2.24) is 0 Å². The number of ether oxygens (including phenoxy) is 1. The summed E-state index contributed by atoms with van der Waals surface area (Å²) in [5, 5.41) is 9.45. The molecule has 0 heterocycles. The van der Waals surface area contributed by atoms with Crippen molar-refractivity contribution in [1.29, 1.82) is 0 Å². The molecule has 90 valence electrons. The minimum absolute atomic E-state index is 0.0231. The first-order valence-corrected chi connectivity index (χ1v) is 6.16. The SMILES string of the molecule is CCOC(=O)[C@@H]1C[C@@]12CCc1cc(O)ccc12. The Morgan fingerprint density at radius 3 is 3.18 bits per heavy atom. The Bertz CT molecular complexity index is 480. The fourth-order valence-corrected chi connectivity index (χ4v) is 3.20. The van der Waals surface area contributed by atoms with Gasteiger partial charge in [-0.15, -0.1) is 0 Å². The molecule has 1 fully saturated rings. The number of hydrogen-bond acceptors (Lipinski definition) is 3. The average molecular weight is 232 g/mol. The smallest absolute Gasteiger partial charge is 0.309 e. The van der Waals surface area contributed by atoms with Crippen LogP contribution in [0, 0.1) is 5.92 Å². The third-order valence-electron chi connectivity index (χ3n) is 4.11. The maximum atomic E-state index is 11.8. The quantitative estimate of drug-likeness (QED) is 0.795. The van der Waals surface area contributed by atoms with E-state index in [4.69, 9.17) is 4.74 Å². The zero-order valence-corrected chi connectivity index (χ0v) is 9.90. The van der Waals surface area contributed by atoms with Gasteiger partial charge in [0.05, 0.1) is 12.5 Å². The van der Waals surface area contributed by atoms with E-state index in [0.717, 1.165) is 19.3 Å². The molecule has 0 radical (unpaired) electrons. The van der Waals surface area contributed by atoms with Crippen LogP contribution in [0.5, 0.6) is 5.75 Å². The van der Waals surface area contributed by atoms with Gasteiger partial charge < -0.3 is 9.84 Å². The van der Waals surface area contributed by atoms with E-state index < -0.39 is 0 Å². The van der Waals surface area contributed by atoms with Crippen LogP contribution in [0.1, 0.15) is 30.9 Å². The minimum Gasteiger partial charge on any atom is -0.508 e. The number of fused-ring (bicyclic) bond motifs is 2. The molecule has 3 rings (SSSR count). The molecule has 17 heavy (non-hydrogen) atoms. The van der Waals surface area contributed by atoms with Crippen LogP contribution in [0.15, 0.2) is 18.2 Å². The van der Waals surface area contributed by atoms with Gasteiger partial charge in [-0.2, -0.15) is 0 Å². The fraction of sp³-hybridized carbons (Fsp3) is 0.500. The van der Waals surface area contributed by atoms with Crippen molar-refractivity contribution in [3.05, 3.63) is 29.3 Å². The third kappa shape index (κ3) is 1.45. The minimum atomic E-state index is -0.0616. The normalized spacial score (nSPS) is 29.1. The van der Waals surface area contributed by atoms with Gasteiger partial charge in [0.25, 0.3) is 0 Å². The van der Waals surface area contributed by atoms with E-state index in [9.17, 15) is 9.90 Å². The van der Waals surface area contributed by atoms with Crippen molar-refractivity contribution in [2.75, 3.05) is 6.61 Å². The number of rotatable bonds is 2. The topological polar surface area (TPSA) is 46.5 Å². The van der Waals surface area contributed by atoms with Crippen molar-refractivity contribution in [2.24, 2.45) is 5.92 Å². The van der Waals surface area contributed by atoms with Gasteiger partial charge in [0, 0.05) is 5.41 Å². The average Bonchev–Trinajstić information content (AvgIpc) is 2.92. The summed E-state index contributed by atoms with van der Waals surface area (Å²) in [6.45, 7) is 2.29. The summed E-state index contributed by atoms with van der Waals surface area (Å²) in [7, 11) is 0. The van der Waals surface area contributed by atoms with Crippen LogP contribution in [0.3, 0.4) is 0 Å². The second-order valence-electron chi connectivity index (χ2n) is 5.01. The first-order chi connectivity index (χ1) is 8.17. The lowest BCUT2D eigenvalue weighted by Crippen LogP contribution is -2.15. The predicted octanol–water partition coefficient (Wildman–Crippen LogP) is 2.16. The van der Waals surface area contributed by atoms with E-state index in [1.165, 1.54) is 11.1 Å². The summed E-state index contributed by atoms with van der Waals surface area (Å²) >= 11 is 0. The number of hydrogen-bond donors (Lipinski definition) is 1. The molecule has 3 nitrogen and oxygen atoms in total. The molecule has 1 aromatic carbocycles. The van der Waals surface area contributed by atoms with Gasteiger partial charge in [-0.05, 0) is 49.4 Å². The molecule has 3 heteroatoms. The molecule has 1 saturated carbocycles. The molecular formula is C14H16O3. The number of aryl methyl sites for hydroxylation is 1. The van der Waals surface area contributed by atoms with Crippen LogP contribution in [-0.2, 0) is 21.4 Å². The Morgan fingerprint density at radius 1 is 1.59 bits per heavy atom. The summed E-state index contributed by atoms with van der Waals surface area (Å²) in [4.78, 5) is 11.8. The lowest BCUT2D eigenvalue weighted by molar-refractivity contribution is -0.145. The zero-order valence-electron chi connectivity index (χ0n) is 9.90. The van der Waals surface area contributed by atoms with E-state index in [2.05, 4.69) is 0 Å². The summed E-state index contributed by atoms with van der Waals surface area (Å²) in [5.74, 6) is 0.288. The second-order valence-corrected chi connectivity index (χ2v) is 5.01. The highest BCUT2D eigenvalue weighted by molar-refractivity contribution is 5.80. The van der Waals surface area contributed by atoms with E-state index in [-0.39, 0.29) is 17.3 Å². The molecule has 1 aromatic rings. The molecule has 0 bridgehead atoms. The van der Waals surface area contributed by atoms with Crippen molar-refractivity contribution in [2.45, 2.75) is 31.6 Å². The number of phenols is 1. The number of aromatic hydroxyl groups is 1. The molecular weight excluding hydrogens is 216 g/mol. The van der Waals surface area contributed by atoms with Crippen molar-refractivity contribution in [3.8, 4) is 5.75 Å². The monoisotopic (exact) mass is 232 g/mol. The van der Waals surface area contributed by atoms with E-state index in [1.807, 2.05) is 19.1 Å². The molecule has 0 saturated heterocycles.